The molecule has 0 bridgehead atoms. The number of hydrogen-bond donors (Lipinski definition) is 2. The topological polar surface area (TPSA) is 47.6 Å². The molecule has 2 heterocycles. The molecule has 1 unspecified atom stereocenters. The van der Waals surface area contributed by atoms with E-state index in [0.717, 1.165) is 63.0 Å². The van der Waals surface area contributed by atoms with Crippen molar-refractivity contribution >= 4 is 27.6 Å². The van der Waals surface area contributed by atoms with Gasteiger partial charge in [-0.3, -0.25) is 0 Å². The van der Waals surface area contributed by atoms with E-state index in [9.17, 15) is 4.79 Å². The Labute approximate surface area is 159 Å². The summed E-state index contributed by atoms with van der Waals surface area (Å²) in [5, 5.41) is 6.22. The molecule has 0 saturated carbocycles. The molecule has 2 amide bonds. The second-order valence-corrected chi connectivity index (χ2v) is 8.06. The average Bonchev–Trinajstić information content (AvgIpc) is 3.10. The predicted molar refractivity (Wildman–Crippen MR) is 106 cm³/mol. The van der Waals surface area contributed by atoms with E-state index in [-0.39, 0.29) is 6.03 Å². The van der Waals surface area contributed by atoms with E-state index in [2.05, 4.69) is 67.6 Å². The van der Waals surface area contributed by atoms with Crippen molar-refractivity contribution in [2.75, 3.05) is 44.2 Å². The number of hydrogen-bond acceptors (Lipinski definition) is 3. The highest BCUT2D eigenvalue weighted by atomic mass is 79.9. The van der Waals surface area contributed by atoms with E-state index in [1.54, 1.807) is 0 Å². The highest BCUT2D eigenvalue weighted by molar-refractivity contribution is 9.10. The maximum Gasteiger partial charge on any atom is 0.315 e. The average molecular weight is 409 g/mol. The summed E-state index contributed by atoms with van der Waals surface area (Å²) in [7, 11) is 0. The number of carbonyl (C=O) groups is 1. The molecule has 6 heteroatoms. The van der Waals surface area contributed by atoms with Gasteiger partial charge < -0.3 is 20.4 Å². The van der Waals surface area contributed by atoms with E-state index >= 15 is 0 Å². The zero-order chi connectivity index (χ0) is 17.6. The smallest absolute Gasteiger partial charge is 0.315 e. The van der Waals surface area contributed by atoms with Crippen LogP contribution in [-0.4, -0.2) is 56.2 Å². The summed E-state index contributed by atoms with van der Waals surface area (Å²) < 4.78 is 1.11. The van der Waals surface area contributed by atoms with Gasteiger partial charge in [0, 0.05) is 48.9 Å². The van der Waals surface area contributed by atoms with Crippen molar-refractivity contribution in [2.45, 2.75) is 32.2 Å². The van der Waals surface area contributed by atoms with Crippen LogP contribution in [0.2, 0.25) is 0 Å². The van der Waals surface area contributed by atoms with Gasteiger partial charge in [0.05, 0.1) is 0 Å². The molecule has 0 aliphatic carbocycles. The van der Waals surface area contributed by atoms with Crippen LogP contribution in [0.4, 0.5) is 10.5 Å². The summed E-state index contributed by atoms with van der Waals surface area (Å²) in [6.07, 6.45) is 3.25. The highest BCUT2D eigenvalue weighted by Crippen LogP contribution is 2.25. The molecule has 2 aliphatic rings. The molecule has 2 N–H and O–H groups in total. The standard InChI is InChI=1S/C19H29BrN4O/c1-2-23-10-8-17(9-11-23)22-19(25)21-13-15-7-12-24(14-15)18-5-3-16(20)4-6-18/h3-6,15,17H,2,7-14H2,1H3,(H2,21,22,25). The van der Waals surface area contributed by atoms with Gasteiger partial charge in [-0.1, -0.05) is 22.9 Å². The van der Waals surface area contributed by atoms with Gasteiger partial charge in [0.25, 0.3) is 0 Å². The molecule has 2 saturated heterocycles. The lowest BCUT2D eigenvalue weighted by molar-refractivity contribution is 0.198. The molecule has 138 valence electrons. The summed E-state index contributed by atoms with van der Waals surface area (Å²) in [5.74, 6) is 0.524. The van der Waals surface area contributed by atoms with Gasteiger partial charge in [-0.25, -0.2) is 4.79 Å². The fourth-order valence-electron chi connectivity index (χ4n) is 3.75. The molecule has 5 nitrogen and oxygen atoms in total. The zero-order valence-corrected chi connectivity index (χ0v) is 16.6. The SMILES string of the molecule is CCN1CCC(NC(=O)NCC2CCN(c3ccc(Br)cc3)C2)CC1. The minimum absolute atomic E-state index is 0.00274. The highest BCUT2D eigenvalue weighted by Gasteiger charge is 2.24. The number of halogens is 1. The molecule has 0 aromatic heterocycles. The number of urea groups is 1. The second-order valence-electron chi connectivity index (χ2n) is 7.14. The van der Waals surface area contributed by atoms with Crippen molar-refractivity contribution in [1.82, 2.24) is 15.5 Å². The van der Waals surface area contributed by atoms with E-state index in [4.69, 9.17) is 0 Å². The van der Waals surface area contributed by atoms with E-state index in [1.165, 1.54) is 5.69 Å². The molecule has 1 aromatic carbocycles. The molecule has 0 radical (unpaired) electrons. The molecular formula is C19H29BrN4O. The van der Waals surface area contributed by atoms with Gasteiger partial charge in [-0.2, -0.15) is 0 Å². The number of rotatable bonds is 5. The van der Waals surface area contributed by atoms with Crippen LogP contribution in [0.15, 0.2) is 28.7 Å². The molecule has 1 atom stereocenters. The van der Waals surface area contributed by atoms with Crippen molar-refractivity contribution < 1.29 is 4.79 Å². The van der Waals surface area contributed by atoms with E-state index in [0.29, 0.717) is 12.0 Å². The van der Waals surface area contributed by atoms with Crippen molar-refractivity contribution in [1.29, 1.82) is 0 Å². The Hall–Kier alpha value is -1.27. The third-order valence-electron chi connectivity index (χ3n) is 5.40. The van der Waals surface area contributed by atoms with Crippen LogP contribution < -0.4 is 15.5 Å². The first-order valence-corrected chi connectivity index (χ1v) is 10.2. The summed E-state index contributed by atoms with van der Waals surface area (Å²) in [5.41, 5.74) is 1.26. The van der Waals surface area contributed by atoms with E-state index < -0.39 is 0 Å². The van der Waals surface area contributed by atoms with Crippen LogP contribution in [0.1, 0.15) is 26.2 Å². The maximum absolute atomic E-state index is 12.2. The van der Waals surface area contributed by atoms with Crippen LogP contribution in [0.5, 0.6) is 0 Å². The third kappa shape index (κ3) is 5.35. The van der Waals surface area contributed by atoms with Crippen LogP contribution >= 0.6 is 15.9 Å². The minimum Gasteiger partial charge on any atom is -0.371 e. The van der Waals surface area contributed by atoms with Gasteiger partial charge >= 0.3 is 6.03 Å². The first kappa shape index (κ1) is 18.5. The molecule has 2 fully saturated rings. The number of benzene rings is 1. The molecular weight excluding hydrogens is 380 g/mol. The fourth-order valence-corrected chi connectivity index (χ4v) is 4.02. The second kappa shape index (κ2) is 8.90. The van der Waals surface area contributed by atoms with Crippen molar-refractivity contribution in [2.24, 2.45) is 5.92 Å². The molecule has 25 heavy (non-hydrogen) atoms. The summed E-state index contributed by atoms with van der Waals surface area (Å²) in [4.78, 5) is 17.0. The van der Waals surface area contributed by atoms with Crippen LogP contribution in [0.25, 0.3) is 0 Å². The van der Waals surface area contributed by atoms with Gasteiger partial charge in [0.2, 0.25) is 0 Å². The summed E-state index contributed by atoms with van der Waals surface area (Å²) in [6, 6.07) is 8.78. The lowest BCUT2D eigenvalue weighted by atomic mass is 10.1. The summed E-state index contributed by atoms with van der Waals surface area (Å²) in [6.45, 7) is 8.31. The Bertz CT molecular complexity index is 557. The Morgan fingerprint density at radius 1 is 1.16 bits per heavy atom. The van der Waals surface area contributed by atoms with Crippen LogP contribution in [0, 0.1) is 5.92 Å². The monoisotopic (exact) mass is 408 g/mol. The zero-order valence-electron chi connectivity index (χ0n) is 15.0. The quantitative estimate of drug-likeness (QED) is 0.786. The Balaban J connectivity index is 1.36. The van der Waals surface area contributed by atoms with Crippen LogP contribution in [-0.2, 0) is 0 Å². The predicted octanol–water partition coefficient (Wildman–Crippen LogP) is 3.06. The molecule has 1 aromatic rings. The van der Waals surface area contributed by atoms with Gasteiger partial charge in [0.1, 0.15) is 0 Å². The number of likely N-dealkylation sites (tertiary alicyclic amines) is 1. The minimum atomic E-state index is -0.00274. The Morgan fingerprint density at radius 2 is 1.88 bits per heavy atom. The normalized spacial score (nSPS) is 22.2. The number of piperidine rings is 1. The Kier molecular flexibility index (Phi) is 6.59. The van der Waals surface area contributed by atoms with Crippen molar-refractivity contribution in [3.8, 4) is 0 Å². The first-order chi connectivity index (χ1) is 12.1. The van der Waals surface area contributed by atoms with Crippen molar-refractivity contribution in [3.05, 3.63) is 28.7 Å². The van der Waals surface area contributed by atoms with Crippen molar-refractivity contribution in [3.63, 3.8) is 0 Å². The largest absolute Gasteiger partial charge is 0.371 e. The molecule has 2 aliphatic heterocycles. The first-order valence-electron chi connectivity index (χ1n) is 9.41. The van der Waals surface area contributed by atoms with Gasteiger partial charge in [-0.05, 0) is 56.0 Å². The van der Waals surface area contributed by atoms with Gasteiger partial charge in [0.15, 0.2) is 0 Å². The number of nitrogens with zero attached hydrogens (tertiary/aromatic N) is 2. The lowest BCUT2D eigenvalue weighted by Gasteiger charge is -2.31. The fraction of sp³-hybridized carbons (Fsp3) is 0.632. The maximum atomic E-state index is 12.2. The Morgan fingerprint density at radius 3 is 2.56 bits per heavy atom. The molecule has 0 spiro atoms. The number of anilines is 1. The van der Waals surface area contributed by atoms with E-state index in [1.807, 2.05) is 0 Å². The number of amides is 2. The lowest BCUT2D eigenvalue weighted by Crippen LogP contribution is -2.48. The van der Waals surface area contributed by atoms with Crippen LogP contribution in [0.3, 0.4) is 0 Å². The number of carbonyl (C=O) groups excluding carboxylic acids is 1. The summed E-state index contributed by atoms with van der Waals surface area (Å²) >= 11 is 3.48. The van der Waals surface area contributed by atoms with Gasteiger partial charge in [-0.15, -0.1) is 0 Å². The molecule has 3 rings (SSSR count). The third-order valence-corrected chi connectivity index (χ3v) is 5.93. The number of nitrogens with one attached hydrogen (secondary N) is 2.